The molecule has 0 radical (unpaired) electrons. The van der Waals surface area contributed by atoms with E-state index in [9.17, 15) is 25.0 Å². The molecule has 0 unspecified atom stereocenters. The summed E-state index contributed by atoms with van der Waals surface area (Å²) in [4.78, 5) is 39.4. The van der Waals surface area contributed by atoms with E-state index in [1.165, 1.54) is 6.07 Å². The van der Waals surface area contributed by atoms with Gasteiger partial charge in [0.05, 0.1) is 22.5 Å². The van der Waals surface area contributed by atoms with Crippen LogP contribution in [0, 0.1) is 20.2 Å². The number of nitrogens with one attached hydrogen (secondary N) is 1. The summed E-state index contributed by atoms with van der Waals surface area (Å²) in [5, 5.41) is 39.1. The van der Waals surface area contributed by atoms with E-state index in [0.717, 1.165) is 12.1 Å². The van der Waals surface area contributed by atoms with Crippen LogP contribution in [0.1, 0.15) is 6.92 Å². The maximum atomic E-state index is 11.1. The van der Waals surface area contributed by atoms with Gasteiger partial charge in [0.25, 0.3) is 11.4 Å². The summed E-state index contributed by atoms with van der Waals surface area (Å²) in [6.45, 7) is 1.57. The van der Waals surface area contributed by atoms with E-state index in [4.69, 9.17) is 15.0 Å². The van der Waals surface area contributed by atoms with Gasteiger partial charge in [-0.3, -0.25) is 25.0 Å². The number of nitro groups is 2. The van der Waals surface area contributed by atoms with Gasteiger partial charge < -0.3 is 25.1 Å². The second-order valence-electron chi connectivity index (χ2n) is 3.64. The number of hydrogen-bond donors (Lipinski definition) is 2. The molecule has 2 N–H and O–H groups in total. The Morgan fingerprint density at radius 1 is 1.25 bits per heavy atom. The summed E-state index contributed by atoms with van der Waals surface area (Å²) in [7, 11) is 0. The van der Waals surface area contributed by atoms with Crippen molar-refractivity contribution in [3.8, 4) is 0 Å². The van der Waals surface area contributed by atoms with Crippen LogP contribution in [0.2, 0.25) is 0 Å². The zero-order valence-electron chi connectivity index (χ0n) is 12.8. The number of carbonyl (C=O) groups is 2. The molecular weight excluding hydrogens is 341 g/mol. The van der Waals surface area contributed by atoms with Crippen LogP contribution < -0.4 is 40.0 Å². The van der Waals surface area contributed by atoms with Gasteiger partial charge in [-0.25, -0.2) is 0 Å². The molecule has 0 heterocycles. The first-order valence-electron chi connectivity index (χ1n) is 5.91. The van der Waals surface area contributed by atoms with Crippen LogP contribution in [0.25, 0.3) is 0 Å². The number of ether oxygens (including phenoxy) is 1. The molecule has 1 aromatic rings. The quantitative estimate of drug-likeness (QED) is 0.237. The number of carboxylic acid groups (broad SMARTS) is 2. The number of rotatable bonds is 6. The molecular formula is C11H12N3NaO9. The maximum Gasteiger partial charge on any atom is 1.00 e. The van der Waals surface area contributed by atoms with E-state index in [0.29, 0.717) is 0 Å². The first-order valence-corrected chi connectivity index (χ1v) is 5.91. The molecule has 1 aromatic carbocycles. The largest absolute Gasteiger partial charge is 1.00 e. The number of nitrogens with zero attached hydrogens (tertiary/aromatic N) is 2. The number of hydrogen-bond acceptors (Lipinski definition) is 9. The predicted octanol–water partition coefficient (Wildman–Crippen LogP) is -2.63. The first kappa shape index (κ1) is 23.8. The van der Waals surface area contributed by atoms with Gasteiger partial charge in [0.15, 0.2) is 0 Å². The molecule has 0 bridgehead atoms. The predicted molar refractivity (Wildman–Crippen MR) is 72.9 cm³/mol. The van der Waals surface area contributed by atoms with Crippen molar-refractivity contribution in [2.24, 2.45) is 0 Å². The minimum atomic E-state index is -2.08. The minimum absolute atomic E-state index is 0. The van der Waals surface area contributed by atoms with Gasteiger partial charge in [0.1, 0.15) is 12.2 Å². The summed E-state index contributed by atoms with van der Waals surface area (Å²) in [5.74, 6) is -0.574. The van der Waals surface area contributed by atoms with Gasteiger partial charge in [-0.15, -0.1) is 0 Å². The van der Waals surface area contributed by atoms with Gasteiger partial charge in [0, 0.05) is 6.07 Å². The molecule has 1 rings (SSSR count). The molecule has 0 saturated carbocycles. The van der Waals surface area contributed by atoms with Crippen molar-refractivity contribution in [2.75, 3.05) is 18.5 Å². The van der Waals surface area contributed by atoms with Crippen molar-refractivity contribution in [1.82, 2.24) is 0 Å². The fourth-order valence-corrected chi connectivity index (χ4v) is 1.31. The fourth-order valence-electron chi connectivity index (χ4n) is 1.31. The van der Waals surface area contributed by atoms with Crippen molar-refractivity contribution in [3.63, 3.8) is 0 Å². The molecule has 0 atom stereocenters. The maximum absolute atomic E-state index is 11.1. The van der Waals surface area contributed by atoms with Gasteiger partial charge in [0.2, 0.25) is 6.16 Å². The van der Waals surface area contributed by atoms with Crippen molar-refractivity contribution < 1.29 is 63.9 Å². The summed E-state index contributed by atoms with van der Waals surface area (Å²) < 4.78 is 4.65. The third-order valence-electron chi connectivity index (χ3n) is 2.12. The third-order valence-corrected chi connectivity index (χ3v) is 2.12. The van der Waals surface area contributed by atoms with E-state index in [1.54, 1.807) is 6.92 Å². The normalized spacial score (nSPS) is 8.71. The van der Waals surface area contributed by atoms with Crippen molar-refractivity contribution in [2.45, 2.75) is 6.92 Å². The number of carbonyl (C=O) groups excluding carboxylic acids is 1. The number of nitro benzene ring substituents is 2. The van der Waals surface area contributed by atoms with Crippen LogP contribution in [0.15, 0.2) is 18.2 Å². The molecule has 0 aromatic heterocycles. The Bertz CT molecular complexity index is 604. The second kappa shape index (κ2) is 12.0. The molecule has 0 spiro atoms. The Hall–Kier alpha value is -2.44. The number of esters is 1. The minimum Gasteiger partial charge on any atom is -0.565 e. The third kappa shape index (κ3) is 9.55. The summed E-state index contributed by atoms with van der Waals surface area (Å²) in [5.41, 5.74) is -0.851. The monoisotopic (exact) mass is 353 g/mol. The van der Waals surface area contributed by atoms with Gasteiger partial charge in [-0.2, -0.15) is 0 Å². The van der Waals surface area contributed by atoms with E-state index < -0.39 is 33.3 Å². The Kier molecular flexibility index (Phi) is 12.0. The molecule has 0 amide bonds. The van der Waals surface area contributed by atoms with Crippen LogP contribution in [0.3, 0.4) is 0 Å². The molecule has 0 fully saturated rings. The van der Waals surface area contributed by atoms with Crippen molar-refractivity contribution in [1.29, 1.82) is 0 Å². The average molecular weight is 353 g/mol. The SMILES string of the molecule is CCOC(=O)CNc1ccc([N+](=O)[O-])cc1[N+](=O)[O-].O=C([O-])O.[Na+]. The molecule has 12 nitrogen and oxygen atoms in total. The van der Waals surface area contributed by atoms with Gasteiger partial charge in [-0.05, 0) is 13.0 Å². The van der Waals surface area contributed by atoms with E-state index in [2.05, 4.69) is 10.1 Å². The average Bonchev–Trinajstić information content (AvgIpc) is 2.44. The zero-order chi connectivity index (χ0) is 18.0. The van der Waals surface area contributed by atoms with Gasteiger partial charge in [-0.1, -0.05) is 0 Å². The van der Waals surface area contributed by atoms with E-state index in [1.807, 2.05) is 0 Å². The number of benzene rings is 1. The number of anilines is 1. The standard InChI is InChI=1S/C10H11N3O6.CH2O3.Na/c1-2-19-10(14)6-11-8-4-3-7(12(15)16)5-9(8)13(17)18;2-1(3)4;/h3-5,11H,2,6H2,1H3;(H2,2,3,4);/q;;+1/p-1. The molecule has 126 valence electrons. The second-order valence-corrected chi connectivity index (χ2v) is 3.64. The molecule has 0 aliphatic rings. The van der Waals surface area contributed by atoms with Crippen LogP contribution in [-0.4, -0.2) is 40.2 Å². The Labute approximate surface area is 157 Å². The molecule has 0 saturated heterocycles. The van der Waals surface area contributed by atoms with Crippen molar-refractivity contribution in [3.05, 3.63) is 38.4 Å². The Morgan fingerprint density at radius 2 is 1.79 bits per heavy atom. The molecule has 0 aliphatic heterocycles. The summed E-state index contributed by atoms with van der Waals surface area (Å²) in [6, 6.07) is 3.11. The zero-order valence-corrected chi connectivity index (χ0v) is 14.8. The van der Waals surface area contributed by atoms with E-state index in [-0.39, 0.29) is 48.4 Å². The molecule has 24 heavy (non-hydrogen) atoms. The topological polar surface area (TPSA) is 185 Å². The Morgan fingerprint density at radius 3 is 2.21 bits per heavy atom. The van der Waals surface area contributed by atoms with Gasteiger partial charge >= 0.3 is 35.5 Å². The van der Waals surface area contributed by atoms with Crippen LogP contribution in [0.5, 0.6) is 0 Å². The molecule has 13 heteroatoms. The smallest absolute Gasteiger partial charge is 0.565 e. The van der Waals surface area contributed by atoms with Crippen molar-refractivity contribution >= 4 is 29.2 Å². The Balaban J connectivity index is 0. The summed E-state index contributed by atoms with van der Waals surface area (Å²) >= 11 is 0. The van der Waals surface area contributed by atoms with Crippen LogP contribution in [0.4, 0.5) is 21.9 Å². The van der Waals surface area contributed by atoms with Crippen LogP contribution in [-0.2, 0) is 9.53 Å². The van der Waals surface area contributed by atoms with E-state index >= 15 is 0 Å². The van der Waals surface area contributed by atoms with Crippen LogP contribution >= 0.6 is 0 Å². The first-order chi connectivity index (χ1) is 10.7. The fraction of sp³-hybridized carbons (Fsp3) is 0.273. The summed E-state index contributed by atoms with van der Waals surface area (Å²) in [6.07, 6.45) is -2.08. The molecule has 0 aliphatic carbocycles. The number of non-ortho nitro benzene ring substituents is 1.